The van der Waals surface area contributed by atoms with Crippen molar-refractivity contribution in [3.63, 3.8) is 0 Å². The van der Waals surface area contributed by atoms with Crippen LogP contribution in [0.3, 0.4) is 0 Å². The van der Waals surface area contributed by atoms with E-state index in [9.17, 15) is 9.59 Å². The highest BCUT2D eigenvalue weighted by Crippen LogP contribution is 2.46. The van der Waals surface area contributed by atoms with E-state index in [-0.39, 0.29) is 38.0 Å². The van der Waals surface area contributed by atoms with Crippen LogP contribution in [-0.2, 0) is 19.1 Å². The Hall–Kier alpha value is -4.06. The van der Waals surface area contributed by atoms with Crippen molar-refractivity contribution in [3.8, 4) is 22.6 Å². The second-order valence-corrected chi connectivity index (χ2v) is 8.13. The Balaban J connectivity index is 1.82. The summed E-state index contributed by atoms with van der Waals surface area (Å²) in [6.07, 6.45) is 0.227. The number of carbonyl (C=O) groups is 2. The molecule has 186 valence electrons. The topological polar surface area (TPSA) is 71.1 Å². The maximum atomic E-state index is 12.0. The van der Waals surface area contributed by atoms with Crippen LogP contribution in [0.1, 0.15) is 26.7 Å². The molecule has 0 heterocycles. The summed E-state index contributed by atoms with van der Waals surface area (Å²) in [6.45, 7) is 4.45. The molecule has 0 saturated heterocycles. The van der Waals surface area contributed by atoms with Gasteiger partial charge in [0, 0.05) is 5.56 Å². The minimum atomic E-state index is -0.324. The molecule has 4 aromatic carbocycles. The zero-order chi connectivity index (χ0) is 25.3. The molecule has 36 heavy (non-hydrogen) atoms. The van der Waals surface area contributed by atoms with E-state index in [0.717, 1.165) is 32.7 Å². The number of esters is 2. The Kier molecular flexibility index (Phi) is 8.40. The fraction of sp³-hybridized carbons (Fsp3) is 0.267. The minimum Gasteiger partial charge on any atom is -0.489 e. The molecule has 0 aromatic heterocycles. The van der Waals surface area contributed by atoms with Crippen LogP contribution in [0.25, 0.3) is 32.7 Å². The van der Waals surface area contributed by atoms with Crippen molar-refractivity contribution >= 4 is 33.5 Å². The maximum Gasteiger partial charge on any atom is 0.309 e. The zero-order valence-electron chi connectivity index (χ0n) is 20.6. The number of fused-ring (bicyclic) bond motifs is 2. The molecule has 4 rings (SSSR count). The summed E-state index contributed by atoms with van der Waals surface area (Å²) >= 11 is 0. The lowest BCUT2D eigenvalue weighted by Gasteiger charge is -2.20. The lowest BCUT2D eigenvalue weighted by Crippen LogP contribution is -2.12. The van der Waals surface area contributed by atoms with E-state index >= 15 is 0 Å². The molecule has 0 bridgehead atoms. The largest absolute Gasteiger partial charge is 0.489 e. The lowest BCUT2D eigenvalue weighted by atomic mass is 9.92. The molecule has 0 aliphatic heterocycles. The summed E-state index contributed by atoms with van der Waals surface area (Å²) < 4.78 is 22.5. The third-order valence-corrected chi connectivity index (χ3v) is 5.75. The Morgan fingerprint density at radius 3 is 1.94 bits per heavy atom. The van der Waals surface area contributed by atoms with Gasteiger partial charge in [0.15, 0.2) is 11.5 Å². The molecule has 0 radical (unpaired) electrons. The highest BCUT2D eigenvalue weighted by Gasteiger charge is 2.20. The van der Waals surface area contributed by atoms with Gasteiger partial charge in [-0.2, -0.15) is 0 Å². The molecule has 0 fully saturated rings. The van der Waals surface area contributed by atoms with E-state index in [0.29, 0.717) is 24.7 Å². The van der Waals surface area contributed by atoms with Gasteiger partial charge in [0.25, 0.3) is 0 Å². The van der Waals surface area contributed by atoms with Crippen LogP contribution in [0.5, 0.6) is 11.5 Å². The van der Waals surface area contributed by atoms with Crippen molar-refractivity contribution in [2.75, 3.05) is 26.4 Å². The van der Waals surface area contributed by atoms with Crippen molar-refractivity contribution in [1.82, 2.24) is 0 Å². The normalized spacial score (nSPS) is 10.8. The van der Waals surface area contributed by atoms with Crippen LogP contribution in [0.2, 0.25) is 0 Å². The van der Waals surface area contributed by atoms with Crippen LogP contribution >= 0.6 is 0 Å². The van der Waals surface area contributed by atoms with Crippen LogP contribution < -0.4 is 9.47 Å². The second-order valence-electron chi connectivity index (χ2n) is 8.13. The van der Waals surface area contributed by atoms with Crippen molar-refractivity contribution < 1.29 is 28.5 Å². The average Bonchev–Trinajstić information content (AvgIpc) is 2.89. The summed E-state index contributed by atoms with van der Waals surface area (Å²) in [4.78, 5) is 23.9. The molecule has 4 aromatic rings. The number of hydrogen-bond acceptors (Lipinski definition) is 6. The van der Waals surface area contributed by atoms with Crippen LogP contribution in [0, 0.1) is 0 Å². The molecule has 6 heteroatoms. The van der Waals surface area contributed by atoms with Gasteiger partial charge in [-0.25, -0.2) is 0 Å². The number of ether oxygens (including phenoxy) is 4. The van der Waals surface area contributed by atoms with Crippen LogP contribution in [0.4, 0.5) is 0 Å². The average molecular weight is 487 g/mol. The van der Waals surface area contributed by atoms with E-state index in [1.807, 2.05) is 48.5 Å². The van der Waals surface area contributed by atoms with E-state index in [1.54, 1.807) is 13.8 Å². The highest BCUT2D eigenvalue weighted by atomic mass is 16.5. The summed E-state index contributed by atoms with van der Waals surface area (Å²) in [5.41, 5.74) is 1.87. The molecule has 0 unspecified atom stereocenters. The third kappa shape index (κ3) is 5.77. The predicted molar refractivity (Wildman–Crippen MR) is 140 cm³/mol. The first kappa shape index (κ1) is 25.0. The Bertz CT molecular complexity index is 1360. The Morgan fingerprint density at radius 2 is 1.25 bits per heavy atom. The van der Waals surface area contributed by atoms with Gasteiger partial charge in [-0.05, 0) is 47.0 Å². The predicted octanol–water partition coefficient (Wildman–Crippen LogP) is 6.32. The van der Waals surface area contributed by atoms with Gasteiger partial charge < -0.3 is 18.9 Å². The maximum absolute atomic E-state index is 12.0. The molecule has 0 spiro atoms. The molecule has 6 nitrogen and oxygen atoms in total. The zero-order valence-corrected chi connectivity index (χ0v) is 20.6. The van der Waals surface area contributed by atoms with Gasteiger partial charge in [-0.1, -0.05) is 66.7 Å². The molecule has 0 atom stereocenters. The number of rotatable bonds is 11. The minimum absolute atomic E-state index is 0.109. The number of benzene rings is 4. The summed E-state index contributed by atoms with van der Waals surface area (Å²) in [5, 5.41) is 4.15. The van der Waals surface area contributed by atoms with E-state index in [1.165, 1.54) is 0 Å². The van der Waals surface area contributed by atoms with Gasteiger partial charge in [-0.15, -0.1) is 0 Å². The van der Waals surface area contributed by atoms with Crippen molar-refractivity contribution in [2.45, 2.75) is 26.7 Å². The molecule has 0 aliphatic rings. The standard InChI is InChI=1S/C30H30O6/c1-3-33-27(31)16-18-35-26-20-22-11-6-8-14-24(22)29(30(26)36-19-17-28(32)34-4-2)25-15-9-12-21-10-5-7-13-23(21)25/h5-15,20H,3-4,16-19H2,1-2H3. The molecule has 0 N–H and O–H groups in total. The first-order chi connectivity index (χ1) is 17.6. The van der Waals surface area contributed by atoms with Crippen LogP contribution in [-0.4, -0.2) is 38.4 Å². The highest BCUT2D eigenvalue weighted by molar-refractivity contribution is 6.08. The summed E-state index contributed by atoms with van der Waals surface area (Å²) in [7, 11) is 0. The van der Waals surface area contributed by atoms with E-state index < -0.39 is 0 Å². The molecular weight excluding hydrogens is 456 g/mol. The SMILES string of the molecule is CCOC(=O)CCOc1cc2ccccc2c(-c2cccc3ccccc23)c1OCCC(=O)OCC. The van der Waals surface area contributed by atoms with Gasteiger partial charge in [0.1, 0.15) is 0 Å². The second kappa shape index (κ2) is 12.1. The molecular formula is C30H30O6. The Labute approximate surface area is 210 Å². The van der Waals surface area contributed by atoms with Crippen molar-refractivity contribution in [2.24, 2.45) is 0 Å². The smallest absolute Gasteiger partial charge is 0.309 e. The quantitative estimate of drug-likeness (QED) is 0.231. The molecule has 0 amide bonds. The van der Waals surface area contributed by atoms with Gasteiger partial charge in [-0.3, -0.25) is 9.59 Å². The fourth-order valence-electron chi connectivity index (χ4n) is 4.21. The Morgan fingerprint density at radius 1 is 0.667 bits per heavy atom. The van der Waals surface area contributed by atoms with E-state index in [4.69, 9.17) is 18.9 Å². The van der Waals surface area contributed by atoms with Crippen molar-refractivity contribution in [3.05, 3.63) is 72.8 Å². The lowest BCUT2D eigenvalue weighted by molar-refractivity contribution is -0.144. The summed E-state index contributed by atoms with van der Waals surface area (Å²) in [5.74, 6) is 0.384. The van der Waals surface area contributed by atoms with Crippen molar-refractivity contribution in [1.29, 1.82) is 0 Å². The first-order valence-corrected chi connectivity index (χ1v) is 12.2. The number of carbonyl (C=O) groups excluding carboxylic acids is 2. The fourth-order valence-corrected chi connectivity index (χ4v) is 4.21. The van der Waals surface area contributed by atoms with Crippen LogP contribution in [0.15, 0.2) is 72.8 Å². The molecule has 0 aliphatic carbocycles. The molecule has 0 saturated carbocycles. The summed E-state index contributed by atoms with van der Waals surface area (Å²) in [6, 6.07) is 24.3. The van der Waals surface area contributed by atoms with E-state index in [2.05, 4.69) is 24.3 Å². The third-order valence-electron chi connectivity index (χ3n) is 5.75. The number of hydrogen-bond donors (Lipinski definition) is 0. The first-order valence-electron chi connectivity index (χ1n) is 12.2. The monoisotopic (exact) mass is 486 g/mol. The van der Waals surface area contributed by atoms with Gasteiger partial charge in [0.05, 0.1) is 39.3 Å². The van der Waals surface area contributed by atoms with Gasteiger partial charge >= 0.3 is 11.9 Å². The van der Waals surface area contributed by atoms with Gasteiger partial charge in [0.2, 0.25) is 0 Å².